The molecule has 35 heavy (non-hydrogen) atoms. The van der Waals surface area contributed by atoms with Crippen LogP contribution in [0, 0.1) is 12.7 Å². The molecule has 0 saturated carbocycles. The molecule has 1 aliphatic rings. The molecule has 0 spiro atoms. The minimum absolute atomic E-state index is 0.0161. The van der Waals surface area contributed by atoms with E-state index < -0.39 is 11.8 Å². The van der Waals surface area contributed by atoms with Crippen LogP contribution in [0.1, 0.15) is 21.7 Å². The number of hydrogen-bond donors (Lipinski definition) is 0. The van der Waals surface area contributed by atoms with Crippen LogP contribution in [-0.2, 0) is 22.5 Å². The highest BCUT2D eigenvalue weighted by molar-refractivity contribution is 7.99. The summed E-state index contributed by atoms with van der Waals surface area (Å²) in [4.78, 5) is 32.1. The van der Waals surface area contributed by atoms with E-state index in [4.69, 9.17) is 16.3 Å². The third-order valence-electron chi connectivity index (χ3n) is 6.12. The van der Waals surface area contributed by atoms with Crippen molar-refractivity contribution in [3.8, 4) is 0 Å². The molecule has 0 aliphatic carbocycles. The maximum absolute atomic E-state index is 15.3. The number of para-hydroxylation sites is 1. The number of methoxy groups -OCH3 is 1. The Labute approximate surface area is 210 Å². The molecule has 2 aromatic carbocycles. The Morgan fingerprint density at radius 3 is 2.74 bits per heavy atom. The van der Waals surface area contributed by atoms with Crippen LogP contribution >= 0.6 is 23.4 Å². The third-order valence-corrected chi connectivity index (χ3v) is 7.57. The molecule has 5 rings (SSSR count). The number of pyridine rings is 1. The van der Waals surface area contributed by atoms with Gasteiger partial charge in [0.2, 0.25) is 5.91 Å². The van der Waals surface area contributed by atoms with Crippen LogP contribution in [0.15, 0.2) is 64.5 Å². The number of ether oxygens (including phenoxy) is 1. The first-order chi connectivity index (χ1) is 16.9. The van der Waals surface area contributed by atoms with Crippen molar-refractivity contribution in [1.29, 1.82) is 0 Å². The van der Waals surface area contributed by atoms with Gasteiger partial charge in [0, 0.05) is 28.2 Å². The van der Waals surface area contributed by atoms with Crippen LogP contribution in [0.25, 0.3) is 10.9 Å². The molecule has 1 aliphatic heterocycles. The van der Waals surface area contributed by atoms with E-state index in [1.54, 1.807) is 33.7 Å². The van der Waals surface area contributed by atoms with E-state index in [0.29, 0.717) is 22.7 Å². The number of carbonyl (C=O) groups excluding carboxylic acids is 2. The standard InChI is InChI=1S/C26H21ClFN3O3S/c1-15-25(35-21-9-5-7-19(29-21)26(33)34-2)17-10-11-18(27)23(28)24(17)31(15)14-22(32)30-13-12-16-6-3-4-8-20(16)30/h3-11H,12-14H2,1-2H3. The Morgan fingerprint density at radius 2 is 1.94 bits per heavy atom. The van der Waals surface area contributed by atoms with Gasteiger partial charge in [0.1, 0.15) is 17.3 Å². The Balaban J connectivity index is 1.55. The molecule has 2 aromatic heterocycles. The van der Waals surface area contributed by atoms with Gasteiger partial charge in [0.05, 0.1) is 17.6 Å². The summed E-state index contributed by atoms with van der Waals surface area (Å²) in [7, 11) is 1.30. The van der Waals surface area contributed by atoms with Gasteiger partial charge in [-0.15, -0.1) is 0 Å². The highest BCUT2D eigenvalue weighted by Crippen LogP contribution is 2.40. The fourth-order valence-electron chi connectivity index (χ4n) is 4.41. The van der Waals surface area contributed by atoms with E-state index in [2.05, 4.69) is 4.98 Å². The summed E-state index contributed by atoms with van der Waals surface area (Å²) in [6.07, 6.45) is 0.789. The van der Waals surface area contributed by atoms with Crippen LogP contribution in [0.3, 0.4) is 0 Å². The number of anilines is 1. The van der Waals surface area contributed by atoms with Gasteiger partial charge in [-0.3, -0.25) is 4.79 Å². The number of benzene rings is 2. The minimum Gasteiger partial charge on any atom is -0.464 e. The number of fused-ring (bicyclic) bond motifs is 2. The van der Waals surface area contributed by atoms with Crippen molar-refractivity contribution in [3.05, 3.63) is 82.4 Å². The maximum atomic E-state index is 15.3. The molecular formula is C26H21ClFN3O3S. The van der Waals surface area contributed by atoms with Crippen molar-refractivity contribution in [2.75, 3.05) is 18.6 Å². The minimum atomic E-state index is -0.579. The number of nitrogens with zero attached hydrogens (tertiary/aromatic N) is 3. The summed E-state index contributed by atoms with van der Waals surface area (Å²) in [6.45, 7) is 2.39. The SMILES string of the molecule is COC(=O)c1cccc(Sc2c(C)n(CC(=O)N3CCc4ccccc43)c3c(F)c(Cl)ccc23)n1. The van der Waals surface area contributed by atoms with Crippen molar-refractivity contribution >= 4 is 51.8 Å². The predicted octanol–water partition coefficient (Wildman–Crippen LogP) is 5.66. The Morgan fingerprint density at radius 1 is 1.14 bits per heavy atom. The zero-order valence-electron chi connectivity index (χ0n) is 19.0. The molecule has 4 aromatic rings. The highest BCUT2D eigenvalue weighted by Gasteiger charge is 2.27. The molecule has 6 nitrogen and oxygen atoms in total. The van der Waals surface area contributed by atoms with Gasteiger partial charge in [0.25, 0.3) is 0 Å². The number of hydrogen-bond acceptors (Lipinski definition) is 5. The Bertz CT molecular complexity index is 1490. The van der Waals surface area contributed by atoms with Gasteiger partial charge in [0.15, 0.2) is 5.82 Å². The molecule has 0 bridgehead atoms. The van der Waals surface area contributed by atoms with Crippen molar-refractivity contribution in [2.45, 2.75) is 29.8 Å². The second-order valence-corrected chi connectivity index (χ2v) is 9.57. The van der Waals surface area contributed by atoms with Crippen molar-refractivity contribution in [2.24, 2.45) is 0 Å². The summed E-state index contributed by atoms with van der Waals surface area (Å²) in [6, 6.07) is 16.1. The fraction of sp³-hybridized carbons (Fsp3) is 0.192. The van der Waals surface area contributed by atoms with E-state index in [1.807, 2.05) is 31.2 Å². The summed E-state index contributed by atoms with van der Waals surface area (Å²) in [5.74, 6) is -1.25. The van der Waals surface area contributed by atoms with Crippen LogP contribution < -0.4 is 4.90 Å². The first-order valence-corrected chi connectivity index (χ1v) is 12.2. The topological polar surface area (TPSA) is 64.4 Å². The zero-order valence-corrected chi connectivity index (χ0v) is 20.6. The average Bonchev–Trinajstić information content (AvgIpc) is 3.41. The number of aromatic nitrogens is 2. The molecule has 1 amide bonds. The molecule has 3 heterocycles. The van der Waals surface area contributed by atoms with Crippen LogP contribution in [0.2, 0.25) is 5.02 Å². The maximum Gasteiger partial charge on any atom is 0.356 e. The molecular weight excluding hydrogens is 489 g/mol. The largest absolute Gasteiger partial charge is 0.464 e. The van der Waals surface area contributed by atoms with E-state index in [-0.39, 0.29) is 28.7 Å². The predicted molar refractivity (Wildman–Crippen MR) is 134 cm³/mol. The molecule has 0 unspecified atom stereocenters. The van der Waals surface area contributed by atoms with E-state index in [0.717, 1.165) is 22.6 Å². The van der Waals surface area contributed by atoms with E-state index in [1.165, 1.54) is 24.9 Å². The van der Waals surface area contributed by atoms with Crippen LogP contribution in [0.5, 0.6) is 0 Å². The van der Waals surface area contributed by atoms with Gasteiger partial charge in [-0.05, 0) is 49.2 Å². The first kappa shape index (κ1) is 23.4. The van der Waals surface area contributed by atoms with Crippen molar-refractivity contribution in [1.82, 2.24) is 9.55 Å². The first-order valence-electron chi connectivity index (χ1n) is 11.0. The van der Waals surface area contributed by atoms with Gasteiger partial charge in [-0.25, -0.2) is 14.2 Å². The van der Waals surface area contributed by atoms with Gasteiger partial charge in [-0.1, -0.05) is 47.6 Å². The summed E-state index contributed by atoms with van der Waals surface area (Å²) in [5, 5.41) is 1.15. The monoisotopic (exact) mass is 509 g/mol. The lowest BCUT2D eigenvalue weighted by Crippen LogP contribution is -2.32. The average molecular weight is 510 g/mol. The van der Waals surface area contributed by atoms with Gasteiger partial charge >= 0.3 is 5.97 Å². The number of amides is 1. The van der Waals surface area contributed by atoms with Crippen LogP contribution in [-0.4, -0.2) is 35.1 Å². The number of halogens is 2. The molecule has 178 valence electrons. The number of esters is 1. The summed E-state index contributed by atoms with van der Waals surface area (Å²) < 4.78 is 21.7. The molecule has 0 fully saturated rings. The number of rotatable bonds is 5. The fourth-order valence-corrected chi connectivity index (χ4v) is 5.60. The lowest BCUT2D eigenvalue weighted by molar-refractivity contribution is -0.119. The smallest absolute Gasteiger partial charge is 0.356 e. The second kappa shape index (κ2) is 9.36. The molecule has 0 saturated heterocycles. The quantitative estimate of drug-likeness (QED) is 0.325. The summed E-state index contributed by atoms with van der Waals surface area (Å²) >= 11 is 7.42. The lowest BCUT2D eigenvalue weighted by Gasteiger charge is -2.19. The van der Waals surface area contributed by atoms with Crippen molar-refractivity contribution < 1.29 is 18.7 Å². The molecule has 0 radical (unpaired) electrons. The molecule has 0 N–H and O–H groups in total. The highest BCUT2D eigenvalue weighted by atomic mass is 35.5. The van der Waals surface area contributed by atoms with Gasteiger partial charge in [-0.2, -0.15) is 0 Å². The summed E-state index contributed by atoms with van der Waals surface area (Å²) in [5.41, 5.74) is 3.16. The lowest BCUT2D eigenvalue weighted by atomic mass is 10.2. The van der Waals surface area contributed by atoms with E-state index in [9.17, 15) is 9.59 Å². The van der Waals surface area contributed by atoms with Crippen molar-refractivity contribution in [3.63, 3.8) is 0 Å². The molecule has 9 heteroatoms. The third kappa shape index (κ3) is 4.17. The van der Waals surface area contributed by atoms with E-state index >= 15 is 4.39 Å². The second-order valence-electron chi connectivity index (χ2n) is 8.14. The Kier molecular flexibility index (Phi) is 6.25. The number of carbonyl (C=O) groups is 2. The van der Waals surface area contributed by atoms with Gasteiger partial charge < -0.3 is 14.2 Å². The molecule has 0 atom stereocenters. The normalized spacial score (nSPS) is 12.7. The van der Waals surface area contributed by atoms with Crippen LogP contribution in [0.4, 0.5) is 10.1 Å². The Hall–Kier alpha value is -3.36. The zero-order chi connectivity index (χ0) is 24.7.